The number of rotatable bonds is 2. The normalized spacial score (nSPS) is 10.7. The zero-order chi connectivity index (χ0) is 13.4. The van der Waals surface area contributed by atoms with Crippen LogP contribution in [0.25, 0.3) is 0 Å². The topological polar surface area (TPSA) is 53.1 Å². The predicted octanol–water partition coefficient (Wildman–Crippen LogP) is 2.69. The molecule has 1 heterocycles. The Morgan fingerprint density at radius 1 is 1.22 bits per heavy atom. The van der Waals surface area contributed by atoms with Crippen molar-refractivity contribution < 1.29 is 13.5 Å². The van der Waals surface area contributed by atoms with E-state index in [1.807, 2.05) is 6.92 Å². The van der Waals surface area contributed by atoms with E-state index in [2.05, 4.69) is 5.10 Å². The minimum absolute atomic E-state index is 0.0385. The van der Waals surface area contributed by atoms with E-state index < -0.39 is 11.6 Å². The van der Waals surface area contributed by atoms with Crippen LogP contribution in [0.15, 0.2) is 12.1 Å². The number of hydrogen-bond donors (Lipinski definition) is 1. The lowest BCUT2D eigenvalue weighted by molar-refractivity contribution is 0.458. The van der Waals surface area contributed by atoms with E-state index in [1.165, 1.54) is 0 Å². The van der Waals surface area contributed by atoms with Crippen LogP contribution in [0.5, 0.6) is 11.5 Å². The molecule has 0 spiro atoms. The standard InChI is InChI=1S/C12H13F2N3O/c1-6-12(7(2)17(3)16-6)18-11-5-9(14)8(13)4-10(11)15/h4-5H,15H2,1-3H3. The highest BCUT2D eigenvalue weighted by atomic mass is 19.2. The highest BCUT2D eigenvalue weighted by Crippen LogP contribution is 2.32. The van der Waals surface area contributed by atoms with Gasteiger partial charge in [-0.1, -0.05) is 0 Å². The van der Waals surface area contributed by atoms with Crippen LogP contribution < -0.4 is 10.5 Å². The van der Waals surface area contributed by atoms with Gasteiger partial charge in [0.2, 0.25) is 0 Å². The van der Waals surface area contributed by atoms with E-state index >= 15 is 0 Å². The first-order valence-electron chi connectivity index (χ1n) is 5.32. The monoisotopic (exact) mass is 253 g/mol. The molecule has 1 aromatic heterocycles. The van der Waals surface area contributed by atoms with Gasteiger partial charge in [0.25, 0.3) is 0 Å². The smallest absolute Gasteiger partial charge is 0.171 e. The number of benzene rings is 1. The van der Waals surface area contributed by atoms with Gasteiger partial charge in [0, 0.05) is 19.2 Å². The molecule has 2 N–H and O–H groups in total. The zero-order valence-corrected chi connectivity index (χ0v) is 10.3. The van der Waals surface area contributed by atoms with Crippen molar-refractivity contribution in [2.24, 2.45) is 7.05 Å². The lowest BCUT2D eigenvalue weighted by Gasteiger charge is -2.09. The second kappa shape index (κ2) is 4.29. The summed E-state index contributed by atoms with van der Waals surface area (Å²) in [5.74, 6) is -1.43. The Labute approximate surface area is 103 Å². The zero-order valence-electron chi connectivity index (χ0n) is 10.3. The Kier molecular flexibility index (Phi) is 2.94. The predicted molar refractivity (Wildman–Crippen MR) is 63.5 cm³/mol. The fourth-order valence-electron chi connectivity index (χ4n) is 1.64. The molecule has 0 bridgehead atoms. The summed E-state index contributed by atoms with van der Waals surface area (Å²) in [6.45, 7) is 3.57. The molecule has 0 aliphatic carbocycles. The van der Waals surface area contributed by atoms with Crippen molar-refractivity contribution in [2.75, 3.05) is 5.73 Å². The molecular formula is C12H13F2N3O. The van der Waals surface area contributed by atoms with Gasteiger partial charge in [-0.25, -0.2) is 8.78 Å². The quantitative estimate of drug-likeness (QED) is 0.837. The molecule has 0 fully saturated rings. The molecule has 96 valence electrons. The van der Waals surface area contributed by atoms with Crippen LogP contribution in [0.3, 0.4) is 0 Å². The average Bonchev–Trinajstić information content (AvgIpc) is 2.52. The first kappa shape index (κ1) is 12.3. The molecule has 0 aliphatic rings. The number of anilines is 1. The molecular weight excluding hydrogens is 240 g/mol. The van der Waals surface area contributed by atoms with Crippen molar-refractivity contribution in [1.82, 2.24) is 9.78 Å². The maximum atomic E-state index is 13.1. The van der Waals surface area contributed by atoms with E-state index in [4.69, 9.17) is 10.5 Å². The van der Waals surface area contributed by atoms with E-state index in [9.17, 15) is 8.78 Å². The number of nitrogens with zero attached hydrogens (tertiary/aromatic N) is 2. The largest absolute Gasteiger partial charge is 0.451 e. The first-order chi connectivity index (χ1) is 8.40. The van der Waals surface area contributed by atoms with Crippen molar-refractivity contribution in [3.63, 3.8) is 0 Å². The number of hydrogen-bond acceptors (Lipinski definition) is 3. The summed E-state index contributed by atoms with van der Waals surface area (Å²) < 4.78 is 33.2. The third kappa shape index (κ3) is 2.01. The van der Waals surface area contributed by atoms with E-state index in [0.717, 1.165) is 17.8 Å². The van der Waals surface area contributed by atoms with Gasteiger partial charge >= 0.3 is 0 Å². The second-order valence-corrected chi connectivity index (χ2v) is 4.03. The molecule has 18 heavy (non-hydrogen) atoms. The molecule has 0 radical (unpaired) electrons. The number of nitrogen functional groups attached to an aromatic ring is 1. The van der Waals surface area contributed by atoms with Crippen LogP contribution in [0.2, 0.25) is 0 Å². The van der Waals surface area contributed by atoms with Crippen LogP contribution in [0, 0.1) is 25.5 Å². The van der Waals surface area contributed by atoms with E-state index in [-0.39, 0.29) is 11.4 Å². The summed E-state index contributed by atoms with van der Waals surface area (Å²) >= 11 is 0. The highest BCUT2D eigenvalue weighted by molar-refractivity contribution is 5.55. The molecule has 0 unspecified atom stereocenters. The molecule has 2 rings (SSSR count). The maximum Gasteiger partial charge on any atom is 0.171 e. The second-order valence-electron chi connectivity index (χ2n) is 4.03. The number of halogens is 2. The Balaban J connectivity index is 2.43. The van der Waals surface area contributed by atoms with Gasteiger partial charge in [-0.15, -0.1) is 0 Å². The van der Waals surface area contributed by atoms with Gasteiger partial charge in [-0.2, -0.15) is 5.10 Å². The van der Waals surface area contributed by atoms with Gasteiger partial charge in [-0.05, 0) is 13.8 Å². The van der Waals surface area contributed by atoms with Crippen LogP contribution in [-0.2, 0) is 7.05 Å². The Morgan fingerprint density at radius 3 is 2.39 bits per heavy atom. The molecule has 2 aromatic rings. The average molecular weight is 253 g/mol. The summed E-state index contributed by atoms with van der Waals surface area (Å²) in [7, 11) is 1.77. The van der Waals surface area contributed by atoms with E-state index in [0.29, 0.717) is 11.4 Å². The van der Waals surface area contributed by atoms with Crippen molar-refractivity contribution in [2.45, 2.75) is 13.8 Å². The number of nitrogens with two attached hydrogens (primary N) is 1. The number of ether oxygens (including phenoxy) is 1. The maximum absolute atomic E-state index is 13.1. The number of aryl methyl sites for hydroxylation is 2. The van der Waals surface area contributed by atoms with E-state index in [1.54, 1.807) is 18.7 Å². The van der Waals surface area contributed by atoms with Crippen molar-refractivity contribution in [3.8, 4) is 11.5 Å². The molecule has 0 amide bonds. The van der Waals surface area contributed by atoms with Crippen LogP contribution in [0.4, 0.5) is 14.5 Å². The van der Waals surface area contributed by atoms with Gasteiger partial charge in [-0.3, -0.25) is 4.68 Å². The molecule has 1 aromatic carbocycles. The summed E-state index contributed by atoms with van der Waals surface area (Å²) in [5, 5.41) is 4.16. The lowest BCUT2D eigenvalue weighted by atomic mass is 10.2. The summed E-state index contributed by atoms with van der Waals surface area (Å²) in [4.78, 5) is 0. The fourth-order valence-corrected chi connectivity index (χ4v) is 1.64. The first-order valence-corrected chi connectivity index (χ1v) is 5.32. The molecule has 4 nitrogen and oxygen atoms in total. The summed E-state index contributed by atoms with van der Waals surface area (Å²) in [5.41, 5.74) is 7.05. The molecule has 6 heteroatoms. The molecule has 0 saturated heterocycles. The van der Waals surface area contributed by atoms with Gasteiger partial charge in [0.1, 0.15) is 5.69 Å². The summed E-state index contributed by atoms with van der Waals surface area (Å²) in [6, 6.07) is 1.82. The molecule has 0 aliphatic heterocycles. The van der Waals surface area contributed by atoms with Crippen molar-refractivity contribution >= 4 is 5.69 Å². The molecule has 0 atom stereocenters. The Hall–Kier alpha value is -2.11. The third-order valence-corrected chi connectivity index (χ3v) is 2.71. The molecule has 0 saturated carbocycles. The summed E-state index contributed by atoms with van der Waals surface area (Å²) in [6.07, 6.45) is 0. The minimum atomic E-state index is -1.00. The SMILES string of the molecule is Cc1nn(C)c(C)c1Oc1cc(F)c(F)cc1N. The third-order valence-electron chi connectivity index (χ3n) is 2.71. The van der Waals surface area contributed by atoms with Gasteiger partial charge in [0.15, 0.2) is 23.1 Å². The fraction of sp³-hybridized carbons (Fsp3) is 0.250. The van der Waals surface area contributed by atoms with Crippen molar-refractivity contribution in [1.29, 1.82) is 0 Å². The highest BCUT2D eigenvalue weighted by Gasteiger charge is 2.15. The van der Waals surface area contributed by atoms with Gasteiger partial charge in [0.05, 0.1) is 11.4 Å². The van der Waals surface area contributed by atoms with Crippen LogP contribution in [-0.4, -0.2) is 9.78 Å². The van der Waals surface area contributed by atoms with Crippen LogP contribution in [0.1, 0.15) is 11.4 Å². The van der Waals surface area contributed by atoms with Crippen LogP contribution >= 0.6 is 0 Å². The Morgan fingerprint density at radius 2 is 1.83 bits per heavy atom. The van der Waals surface area contributed by atoms with Gasteiger partial charge < -0.3 is 10.5 Å². The number of aromatic nitrogens is 2. The minimum Gasteiger partial charge on any atom is -0.451 e. The lowest BCUT2D eigenvalue weighted by Crippen LogP contribution is -1.97. The Bertz CT molecular complexity index is 608. The van der Waals surface area contributed by atoms with Crippen molar-refractivity contribution in [3.05, 3.63) is 35.2 Å².